The van der Waals surface area contributed by atoms with Gasteiger partial charge in [-0.05, 0) is 56.2 Å². The summed E-state index contributed by atoms with van der Waals surface area (Å²) in [5, 5.41) is 2.96. The molecule has 0 saturated carbocycles. The number of rotatable bonds is 7. The SMILES string of the molecule is CCOc1ccc(-c2cnc(-c3ccccc3C(=O)NCC3CCCO3)o2)cc1. The van der Waals surface area contributed by atoms with Crippen LogP contribution in [0.4, 0.5) is 0 Å². The van der Waals surface area contributed by atoms with E-state index < -0.39 is 0 Å². The van der Waals surface area contributed by atoms with Gasteiger partial charge in [-0.3, -0.25) is 4.79 Å². The van der Waals surface area contributed by atoms with Crippen LogP contribution in [0.25, 0.3) is 22.8 Å². The largest absolute Gasteiger partial charge is 0.494 e. The molecule has 1 aliphatic heterocycles. The Labute approximate surface area is 169 Å². The number of carbonyl (C=O) groups excluding carboxylic acids is 1. The average molecular weight is 392 g/mol. The van der Waals surface area contributed by atoms with Gasteiger partial charge in [0.25, 0.3) is 5.91 Å². The first-order chi connectivity index (χ1) is 14.2. The second-order valence-electron chi connectivity index (χ2n) is 6.88. The van der Waals surface area contributed by atoms with E-state index in [1.54, 1.807) is 12.3 Å². The van der Waals surface area contributed by atoms with Crippen molar-refractivity contribution in [3.63, 3.8) is 0 Å². The number of oxazole rings is 1. The van der Waals surface area contributed by atoms with E-state index in [9.17, 15) is 4.79 Å². The second-order valence-corrected chi connectivity index (χ2v) is 6.88. The molecule has 0 bridgehead atoms. The summed E-state index contributed by atoms with van der Waals surface area (Å²) in [5.41, 5.74) is 2.09. The summed E-state index contributed by atoms with van der Waals surface area (Å²) in [6.07, 6.45) is 3.79. The highest BCUT2D eigenvalue weighted by atomic mass is 16.5. The highest BCUT2D eigenvalue weighted by Gasteiger charge is 2.20. The minimum atomic E-state index is -0.156. The number of carbonyl (C=O) groups is 1. The van der Waals surface area contributed by atoms with Crippen molar-refractivity contribution in [2.75, 3.05) is 19.8 Å². The Balaban J connectivity index is 1.52. The fraction of sp³-hybridized carbons (Fsp3) is 0.304. The third kappa shape index (κ3) is 4.49. The van der Waals surface area contributed by atoms with Crippen LogP contribution in [0.15, 0.2) is 59.1 Å². The van der Waals surface area contributed by atoms with Crippen LogP contribution in [0.5, 0.6) is 5.75 Å². The summed E-state index contributed by atoms with van der Waals surface area (Å²) in [5.74, 6) is 1.70. The molecule has 1 saturated heterocycles. The number of nitrogens with one attached hydrogen (secondary N) is 1. The van der Waals surface area contributed by atoms with Crippen LogP contribution < -0.4 is 10.1 Å². The number of hydrogen-bond acceptors (Lipinski definition) is 5. The summed E-state index contributed by atoms with van der Waals surface area (Å²) in [6.45, 7) is 3.85. The number of nitrogens with zero attached hydrogens (tertiary/aromatic N) is 1. The molecule has 1 atom stereocenters. The molecule has 1 aliphatic rings. The molecule has 150 valence electrons. The summed E-state index contributed by atoms with van der Waals surface area (Å²) in [7, 11) is 0. The number of aromatic nitrogens is 1. The summed E-state index contributed by atoms with van der Waals surface area (Å²) in [6, 6.07) is 15.0. The lowest BCUT2D eigenvalue weighted by Crippen LogP contribution is -2.32. The van der Waals surface area contributed by atoms with Crippen LogP contribution >= 0.6 is 0 Å². The van der Waals surface area contributed by atoms with Crippen molar-refractivity contribution in [3.8, 4) is 28.5 Å². The number of ether oxygens (including phenoxy) is 2. The lowest BCUT2D eigenvalue weighted by atomic mass is 10.1. The Morgan fingerprint density at radius 1 is 1.21 bits per heavy atom. The molecule has 29 heavy (non-hydrogen) atoms. The first-order valence-electron chi connectivity index (χ1n) is 9.93. The average Bonchev–Trinajstić information content (AvgIpc) is 3.45. The summed E-state index contributed by atoms with van der Waals surface area (Å²) < 4.78 is 17.0. The van der Waals surface area contributed by atoms with E-state index in [1.165, 1.54) is 0 Å². The van der Waals surface area contributed by atoms with Crippen molar-refractivity contribution in [1.29, 1.82) is 0 Å². The third-order valence-corrected chi connectivity index (χ3v) is 4.87. The number of amides is 1. The lowest BCUT2D eigenvalue weighted by Gasteiger charge is -2.12. The van der Waals surface area contributed by atoms with E-state index in [2.05, 4.69) is 10.3 Å². The summed E-state index contributed by atoms with van der Waals surface area (Å²) >= 11 is 0. The quantitative estimate of drug-likeness (QED) is 0.648. The van der Waals surface area contributed by atoms with E-state index in [0.717, 1.165) is 30.8 Å². The van der Waals surface area contributed by atoms with Crippen LogP contribution in [0.2, 0.25) is 0 Å². The maximum Gasteiger partial charge on any atom is 0.252 e. The monoisotopic (exact) mass is 392 g/mol. The van der Waals surface area contributed by atoms with Crippen molar-refractivity contribution in [2.45, 2.75) is 25.9 Å². The molecule has 2 aromatic carbocycles. The first kappa shape index (κ1) is 19.2. The maximum atomic E-state index is 12.7. The molecule has 3 aromatic rings. The molecule has 6 heteroatoms. The van der Waals surface area contributed by atoms with Crippen molar-refractivity contribution in [1.82, 2.24) is 10.3 Å². The predicted octanol–water partition coefficient (Wildman–Crippen LogP) is 4.32. The van der Waals surface area contributed by atoms with Gasteiger partial charge in [0.15, 0.2) is 5.76 Å². The van der Waals surface area contributed by atoms with Crippen molar-refractivity contribution < 1.29 is 18.7 Å². The van der Waals surface area contributed by atoms with Gasteiger partial charge in [-0.2, -0.15) is 0 Å². The van der Waals surface area contributed by atoms with E-state index in [-0.39, 0.29) is 12.0 Å². The van der Waals surface area contributed by atoms with Crippen LogP contribution in [-0.4, -0.2) is 36.8 Å². The lowest BCUT2D eigenvalue weighted by molar-refractivity contribution is 0.0858. The molecule has 0 radical (unpaired) electrons. The first-order valence-corrected chi connectivity index (χ1v) is 9.93. The Hall–Kier alpha value is -3.12. The zero-order valence-electron chi connectivity index (χ0n) is 16.4. The molecule has 1 fully saturated rings. The fourth-order valence-electron chi connectivity index (χ4n) is 3.39. The van der Waals surface area contributed by atoms with Gasteiger partial charge < -0.3 is 19.2 Å². The molecular formula is C23H24N2O4. The van der Waals surface area contributed by atoms with Gasteiger partial charge in [0.1, 0.15) is 5.75 Å². The molecule has 1 unspecified atom stereocenters. The van der Waals surface area contributed by atoms with Gasteiger partial charge in [-0.25, -0.2) is 4.98 Å². The van der Waals surface area contributed by atoms with Crippen molar-refractivity contribution >= 4 is 5.91 Å². The predicted molar refractivity (Wildman–Crippen MR) is 110 cm³/mol. The standard InChI is InChI=1S/C23H24N2O4/c1-2-27-17-11-9-16(10-12-17)21-15-25-23(29-21)20-8-4-3-7-19(20)22(26)24-14-18-6-5-13-28-18/h3-4,7-12,15,18H,2,5-6,13-14H2,1H3,(H,24,26). The van der Waals surface area contributed by atoms with E-state index in [4.69, 9.17) is 13.9 Å². The van der Waals surface area contributed by atoms with E-state index in [1.807, 2.05) is 49.4 Å². The maximum absolute atomic E-state index is 12.7. The van der Waals surface area contributed by atoms with Gasteiger partial charge in [-0.15, -0.1) is 0 Å². The fourth-order valence-corrected chi connectivity index (χ4v) is 3.39. The molecular weight excluding hydrogens is 368 g/mol. The van der Waals surface area contributed by atoms with Gasteiger partial charge in [-0.1, -0.05) is 12.1 Å². The number of hydrogen-bond donors (Lipinski definition) is 1. The van der Waals surface area contributed by atoms with Crippen LogP contribution in [0.1, 0.15) is 30.1 Å². The molecule has 2 heterocycles. The molecule has 1 amide bonds. The van der Waals surface area contributed by atoms with Gasteiger partial charge in [0, 0.05) is 24.3 Å². The van der Waals surface area contributed by atoms with Gasteiger partial charge in [0.05, 0.1) is 24.5 Å². The smallest absolute Gasteiger partial charge is 0.252 e. The minimum absolute atomic E-state index is 0.0964. The Bertz CT molecular complexity index is 959. The van der Waals surface area contributed by atoms with Crippen LogP contribution in [0, 0.1) is 0 Å². The molecule has 1 aromatic heterocycles. The zero-order chi connectivity index (χ0) is 20.1. The third-order valence-electron chi connectivity index (χ3n) is 4.87. The summed E-state index contributed by atoms with van der Waals surface area (Å²) in [4.78, 5) is 17.1. The zero-order valence-corrected chi connectivity index (χ0v) is 16.4. The highest BCUT2D eigenvalue weighted by molar-refractivity contribution is 6.00. The van der Waals surface area contributed by atoms with E-state index >= 15 is 0 Å². The van der Waals surface area contributed by atoms with Gasteiger partial charge in [0.2, 0.25) is 5.89 Å². The van der Waals surface area contributed by atoms with Crippen LogP contribution in [0.3, 0.4) is 0 Å². The molecule has 1 N–H and O–H groups in total. The van der Waals surface area contributed by atoms with Crippen molar-refractivity contribution in [3.05, 3.63) is 60.3 Å². The topological polar surface area (TPSA) is 73.6 Å². The highest BCUT2D eigenvalue weighted by Crippen LogP contribution is 2.29. The molecule has 4 rings (SSSR count). The molecule has 0 aliphatic carbocycles. The van der Waals surface area contributed by atoms with Crippen LogP contribution in [-0.2, 0) is 4.74 Å². The molecule has 0 spiro atoms. The minimum Gasteiger partial charge on any atom is -0.494 e. The number of benzene rings is 2. The molecule has 6 nitrogen and oxygen atoms in total. The second kappa shape index (κ2) is 8.92. The van der Waals surface area contributed by atoms with Gasteiger partial charge >= 0.3 is 0 Å². The van der Waals surface area contributed by atoms with Crippen molar-refractivity contribution in [2.24, 2.45) is 0 Å². The Kier molecular flexibility index (Phi) is 5.91. The van der Waals surface area contributed by atoms with E-state index in [0.29, 0.717) is 35.9 Å². The Morgan fingerprint density at radius 3 is 2.79 bits per heavy atom. The normalized spacial score (nSPS) is 16.0. The Morgan fingerprint density at radius 2 is 2.03 bits per heavy atom.